The molecule has 1 amide bonds. The lowest BCUT2D eigenvalue weighted by Crippen LogP contribution is -2.32. The SMILES string of the molecule is Cc1noc(C)c1COc1ccc(C(=O)N(Cc2ccccc2)C2CC2)cc1. The maximum atomic E-state index is 13.0. The van der Waals surface area contributed by atoms with E-state index in [0.717, 1.165) is 41.2 Å². The van der Waals surface area contributed by atoms with Gasteiger partial charge in [-0.05, 0) is 56.5 Å². The number of rotatable bonds is 7. The molecule has 0 unspecified atom stereocenters. The molecular weight excluding hydrogens is 352 g/mol. The molecule has 1 saturated carbocycles. The van der Waals surface area contributed by atoms with Gasteiger partial charge in [-0.3, -0.25) is 4.79 Å². The van der Waals surface area contributed by atoms with Gasteiger partial charge in [0.25, 0.3) is 5.91 Å². The Kier molecular flexibility index (Phi) is 5.15. The van der Waals surface area contributed by atoms with Gasteiger partial charge in [-0.25, -0.2) is 0 Å². The maximum absolute atomic E-state index is 13.0. The molecule has 0 radical (unpaired) electrons. The van der Waals surface area contributed by atoms with Crippen molar-refractivity contribution < 1.29 is 14.1 Å². The monoisotopic (exact) mass is 376 g/mol. The zero-order chi connectivity index (χ0) is 19.5. The van der Waals surface area contributed by atoms with Crippen LogP contribution in [-0.4, -0.2) is 22.0 Å². The van der Waals surface area contributed by atoms with E-state index < -0.39 is 0 Å². The molecule has 0 aliphatic heterocycles. The molecule has 0 saturated heterocycles. The Morgan fingerprint density at radius 2 is 1.82 bits per heavy atom. The van der Waals surface area contributed by atoms with E-state index in [0.29, 0.717) is 24.8 Å². The van der Waals surface area contributed by atoms with Gasteiger partial charge in [-0.15, -0.1) is 0 Å². The molecule has 28 heavy (non-hydrogen) atoms. The van der Waals surface area contributed by atoms with Crippen LogP contribution in [-0.2, 0) is 13.2 Å². The highest BCUT2D eigenvalue weighted by Crippen LogP contribution is 2.30. The third kappa shape index (κ3) is 4.09. The predicted molar refractivity (Wildman–Crippen MR) is 106 cm³/mol. The van der Waals surface area contributed by atoms with E-state index in [1.807, 2.05) is 61.2 Å². The average Bonchev–Trinajstić information content (AvgIpc) is 3.51. The topological polar surface area (TPSA) is 55.6 Å². The molecule has 0 spiro atoms. The molecule has 0 N–H and O–H groups in total. The Balaban J connectivity index is 1.42. The summed E-state index contributed by atoms with van der Waals surface area (Å²) in [4.78, 5) is 15.0. The van der Waals surface area contributed by atoms with Crippen LogP contribution in [0.4, 0.5) is 0 Å². The minimum absolute atomic E-state index is 0.0728. The smallest absolute Gasteiger partial charge is 0.254 e. The van der Waals surface area contributed by atoms with E-state index in [9.17, 15) is 4.79 Å². The van der Waals surface area contributed by atoms with Crippen molar-refractivity contribution in [3.63, 3.8) is 0 Å². The van der Waals surface area contributed by atoms with Gasteiger partial charge in [0.1, 0.15) is 18.1 Å². The molecule has 2 aromatic carbocycles. The number of aromatic nitrogens is 1. The van der Waals surface area contributed by atoms with Crippen LogP contribution >= 0.6 is 0 Å². The fourth-order valence-corrected chi connectivity index (χ4v) is 3.26. The number of hydrogen-bond acceptors (Lipinski definition) is 4. The van der Waals surface area contributed by atoms with Crippen molar-refractivity contribution in [1.82, 2.24) is 10.1 Å². The van der Waals surface area contributed by atoms with Crippen molar-refractivity contribution >= 4 is 5.91 Å². The first-order valence-electron chi connectivity index (χ1n) is 9.61. The number of carbonyl (C=O) groups excluding carboxylic acids is 1. The van der Waals surface area contributed by atoms with Crippen molar-refractivity contribution in [1.29, 1.82) is 0 Å². The van der Waals surface area contributed by atoms with E-state index in [1.165, 1.54) is 0 Å². The van der Waals surface area contributed by atoms with Gasteiger partial charge in [0, 0.05) is 18.2 Å². The van der Waals surface area contributed by atoms with Gasteiger partial charge in [0.05, 0.1) is 11.3 Å². The molecule has 3 aromatic rings. The van der Waals surface area contributed by atoms with Crippen LogP contribution in [0.2, 0.25) is 0 Å². The molecule has 4 rings (SSSR count). The average molecular weight is 376 g/mol. The van der Waals surface area contributed by atoms with Crippen molar-refractivity contribution in [3.8, 4) is 5.75 Å². The summed E-state index contributed by atoms with van der Waals surface area (Å²) in [5.74, 6) is 1.56. The Labute approximate surface area is 164 Å². The predicted octanol–water partition coefficient (Wildman–Crippen LogP) is 4.68. The summed E-state index contributed by atoms with van der Waals surface area (Å²) in [7, 11) is 0. The molecule has 0 atom stereocenters. The highest BCUT2D eigenvalue weighted by molar-refractivity contribution is 5.94. The lowest BCUT2D eigenvalue weighted by molar-refractivity contribution is 0.0730. The van der Waals surface area contributed by atoms with Crippen LogP contribution in [0.3, 0.4) is 0 Å². The first kappa shape index (κ1) is 18.3. The van der Waals surface area contributed by atoms with E-state index in [1.54, 1.807) is 0 Å². The van der Waals surface area contributed by atoms with Crippen LogP contribution in [0.15, 0.2) is 59.1 Å². The zero-order valence-electron chi connectivity index (χ0n) is 16.2. The van der Waals surface area contributed by atoms with Crippen LogP contribution in [0.25, 0.3) is 0 Å². The van der Waals surface area contributed by atoms with Gasteiger partial charge >= 0.3 is 0 Å². The van der Waals surface area contributed by atoms with Crippen molar-refractivity contribution in [3.05, 3.63) is 82.7 Å². The number of amides is 1. The first-order valence-corrected chi connectivity index (χ1v) is 9.61. The van der Waals surface area contributed by atoms with Gasteiger partial charge in [0.15, 0.2) is 0 Å². The Morgan fingerprint density at radius 3 is 2.43 bits per heavy atom. The molecule has 144 valence electrons. The van der Waals surface area contributed by atoms with Crippen molar-refractivity contribution in [2.24, 2.45) is 0 Å². The molecule has 1 heterocycles. The zero-order valence-corrected chi connectivity index (χ0v) is 16.2. The summed E-state index contributed by atoms with van der Waals surface area (Å²) >= 11 is 0. The largest absolute Gasteiger partial charge is 0.489 e. The molecule has 1 aliphatic rings. The first-order chi connectivity index (χ1) is 13.6. The second-order valence-corrected chi connectivity index (χ2v) is 7.27. The number of benzene rings is 2. The molecule has 5 heteroatoms. The third-order valence-electron chi connectivity index (χ3n) is 5.11. The van der Waals surface area contributed by atoms with E-state index in [-0.39, 0.29) is 5.91 Å². The number of nitrogens with zero attached hydrogens (tertiary/aromatic N) is 2. The van der Waals surface area contributed by atoms with Crippen LogP contribution in [0, 0.1) is 13.8 Å². The fraction of sp³-hybridized carbons (Fsp3) is 0.304. The molecular formula is C23H24N2O3. The van der Waals surface area contributed by atoms with E-state index >= 15 is 0 Å². The Hall–Kier alpha value is -3.08. The normalized spacial score (nSPS) is 13.4. The fourth-order valence-electron chi connectivity index (χ4n) is 3.26. The van der Waals surface area contributed by atoms with Crippen LogP contribution in [0.5, 0.6) is 5.75 Å². The quantitative estimate of drug-likeness (QED) is 0.601. The molecule has 0 bridgehead atoms. The summed E-state index contributed by atoms with van der Waals surface area (Å²) in [6.07, 6.45) is 2.16. The van der Waals surface area contributed by atoms with Crippen molar-refractivity contribution in [2.75, 3.05) is 0 Å². The molecule has 1 fully saturated rings. The highest BCUT2D eigenvalue weighted by Gasteiger charge is 2.33. The van der Waals surface area contributed by atoms with E-state index in [2.05, 4.69) is 17.3 Å². The van der Waals surface area contributed by atoms with Gasteiger partial charge < -0.3 is 14.2 Å². The number of hydrogen-bond donors (Lipinski definition) is 0. The van der Waals surface area contributed by atoms with Crippen molar-refractivity contribution in [2.45, 2.75) is 45.9 Å². The summed E-state index contributed by atoms with van der Waals surface area (Å²) in [6.45, 7) is 4.82. The van der Waals surface area contributed by atoms with E-state index in [4.69, 9.17) is 9.26 Å². The minimum Gasteiger partial charge on any atom is -0.489 e. The molecule has 5 nitrogen and oxygen atoms in total. The second kappa shape index (κ2) is 7.89. The standard InChI is InChI=1S/C23H24N2O3/c1-16-22(17(2)28-24-16)15-27-21-12-8-19(9-13-21)23(26)25(20-10-11-20)14-18-6-4-3-5-7-18/h3-9,12-13,20H,10-11,14-15H2,1-2H3. The van der Waals surface area contributed by atoms with Crippen LogP contribution in [0.1, 0.15) is 45.8 Å². The van der Waals surface area contributed by atoms with Gasteiger partial charge in [-0.1, -0.05) is 35.5 Å². The minimum atomic E-state index is 0.0728. The highest BCUT2D eigenvalue weighted by atomic mass is 16.5. The van der Waals surface area contributed by atoms with Gasteiger partial charge in [-0.2, -0.15) is 0 Å². The Morgan fingerprint density at radius 1 is 1.11 bits per heavy atom. The van der Waals surface area contributed by atoms with Gasteiger partial charge in [0.2, 0.25) is 0 Å². The summed E-state index contributed by atoms with van der Waals surface area (Å²) in [5.41, 5.74) is 3.64. The summed E-state index contributed by atoms with van der Waals surface area (Å²) in [5, 5.41) is 3.94. The molecule has 1 aliphatic carbocycles. The van der Waals surface area contributed by atoms with Crippen LogP contribution < -0.4 is 4.74 Å². The second-order valence-electron chi connectivity index (χ2n) is 7.27. The lowest BCUT2D eigenvalue weighted by atomic mass is 10.1. The number of carbonyl (C=O) groups is 1. The number of aryl methyl sites for hydroxylation is 2. The third-order valence-corrected chi connectivity index (χ3v) is 5.11. The maximum Gasteiger partial charge on any atom is 0.254 e. The summed E-state index contributed by atoms with van der Waals surface area (Å²) < 4.78 is 11.0. The number of ether oxygens (including phenoxy) is 1. The lowest BCUT2D eigenvalue weighted by Gasteiger charge is -2.23. The summed E-state index contributed by atoms with van der Waals surface area (Å²) in [6, 6.07) is 17.9. The Bertz CT molecular complexity index is 924. The molecule has 1 aromatic heterocycles.